The van der Waals surface area contributed by atoms with Crippen LogP contribution >= 0.6 is 0 Å². The van der Waals surface area contributed by atoms with Gasteiger partial charge in [-0.3, -0.25) is 0 Å². The Morgan fingerprint density at radius 1 is 0.786 bits per heavy atom. The van der Waals surface area contributed by atoms with Crippen molar-refractivity contribution in [1.82, 2.24) is 0 Å². The average Bonchev–Trinajstić information content (AvgIpc) is 3.14. The minimum absolute atomic E-state index is 0.745. The van der Waals surface area contributed by atoms with Crippen LogP contribution in [0.15, 0.2) is 65.1 Å². The van der Waals surface area contributed by atoms with Gasteiger partial charge >= 0.3 is 0 Å². The number of para-hydroxylation sites is 2. The van der Waals surface area contributed by atoms with Gasteiger partial charge in [0.2, 0.25) is 0 Å². The zero-order valence-corrected chi connectivity index (χ0v) is 16.7. The molecule has 4 aromatic rings. The van der Waals surface area contributed by atoms with Gasteiger partial charge in [0.15, 0.2) is 5.58 Å². The third kappa shape index (κ3) is 2.88. The molecule has 0 atom stereocenters. The maximum absolute atomic E-state index is 6.33. The van der Waals surface area contributed by atoms with E-state index in [2.05, 4.69) is 79.5 Å². The molecule has 3 aromatic carbocycles. The number of fused-ring (bicyclic) bond motifs is 3. The van der Waals surface area contributed by atoms with E-state index < -0.39 is 0 Å². The Kier molecular flexibility index (Phi) is 4.35. The van der Waals surface area contributed by atoms with E-state index in [0.29, 0.717) is 0 Å². The Hall–Kier alpha value is -2.74. The average molecular weight is 370 g/mol. The number of benzene rings is 3. The minimum Gasteiger partial charge on any atom is -0.454 e. The summed E-state index contributed by atoms with van der Waals surface area (Å²) in [5.74, 6) is 0.745. The van der Waals surface area contributed by atoms with Crippen LogP contribution < -0.4 is 4.90 Å². The van der Waals surface area contributed by atoms with Crippen molar-refractivity contribution in [2.45, 2.75) is 44.9 Å². The van der Waals surface area contributed by atoms with Crippen LogP contribution in [0.5, 0.6) is 0 Å². The Morgan fingerprint density at radius 3 is 2.21 bits per heavy atom. The van der Waals surface area contributed by atoms with Crippen LogP contribution in [0.3, 0.4) is 0 Å². The molecule has 2 nitrogen and oxygen atoms in total. The normalized spacial score (nSPS) is 15.4. The number of hydrogen-bond acceptors (Lipinski definition) is 2. The highest BCUT2D eigenvalue weighted by molar-refractivity contribution is 6.10. The molecule has 5 rings (SSSR count). The van der Waals surface area contributed by atoms with Gasteiger partial charge in [-0.25, -0.2) is 0 Å². The lowest BCUT2D eigenvalue weighted by atomic mass is 9.84. The third-order valence-corrected chi connectivity index (χ3v) is 6.42. The van der Waals surface area contributed by atoms with E-state index in [4.69, 9.17) is 4.42 Å². The minimum atomic E-state index is 0.745. The molecular weight excluding hydrogens is 342 g/mol. The molecule has 1 saturated carbocycles. The van der Waals surface area contributed by atoms with Crippen molar-refractivity contribution in [3.8, 4) is 0 Å². The van der Waals surface area contributed by atoms with E-state index in [1.807, 2.05) is 0 Å². The summed E-state index contributed by atoms with van der Waals surface area (Å²) in [6, 6.07) is 22.0. The van der Waals surface area contributed by atoms with Gasteiger partial charge < -0.3 is 9.32 Å². The second kappa shape index (κ2) is 7.01. The molecule has 0 saturated heterocycles. The molecule has 1 heterocycles. The maximum Gasteiger partial charge on any atom is 0.159 e. The lowest BCUT2D eigenvalue weighted by molar-refractivity contribution is 0.443. The highest BCUT2D eigenvalue weighted by atomic mass is 16.3. The first kappa shape index (κ1) is 17.4. The van der Waals surface area contributed by atoms with Crippen molar-refractivity contribution < 1.29 is 4.42 Å². The summed E-state index contributed by atoms with van der Waals surface area (Å²) in [4.78, 5) is 2.24. The van der Waals surface area contributed by atoms with E-state index in [-0.39, 0.29) is 0 Å². The number of aryl methyl sites for hydroxylation is 1. The standard InChI is InChI=1S/C26H27NO/c1-18-8-6-11-22-23-12-7-13-24(26(23)28-25(18)22)27(2)21-16-14-20(15-17-21)19-9-4-3-5-10-19/h6-8,11-17,19H,3-5,9-10H2,1-2H3. The summed E-state index contributed by atoms with van der Waals surface area (Å²) in [5, 5.41) is 2.37. The van der Waals surface area contributed by atoms with Crippen molar-refractivity contribution >= 4 is 33.3 Å². The molecule has 1 aliphatic rings. The lowest BCUT2D eigenvalue weighted by Crippen LogP contribution is -2.10. The zero-order chi connectivity index (χ0) is 19.1. The van der Waals surface area contributed by atoms with Gasteiger partial charge in [0.05, 0.1) is 5.69 Å². The van der Waals surface area contributed by atoms with Gasteiger partial charge in [0.1, 0.15) is 5.58 Å². The molecule has 0 spiro atoms. The number of furan rings is 1. The van der Waals surface area contributed by atoms with Crippen molar-refractivity contribution in [2.75, 3.05) is 11.9 Å². The van der Waals surface area contributed by atoms with Crippen LogP contribution in [0.1, 0.15) is 49.1 Å². The number of rotatable bonds is 3. The van der Waals surface area contributed by atoms with Crippen LogP contribution in [-0.4, -0.2) is 7.05 Å². The van der Waals surface area contributed by atoms with Crippen LogP contribution in [0, 0.1) is 6.92 Å². The Balaban J connectivity index is 1.52. The number of nitrogens with zero attached hydrogens (tertiary/aromatic N) is 1. The molecule has 0 unspecified atom stereocenters. The molecule has 0 bridgehead atoms. The molecule has 142 valence electrons. The molecule has 0 N–H and O–H groups in total. The first-order valence-electron chi connectivity index (χ1n) is 10.5. The molecule has 2 heteroatoms. The first-order valence-corrected chi connectivity index (χ1v) is 10.5. The van der Waals surface area contributed by atoms with Gasteiger partial charge in [-0.1, -0.05) is 61.7 Å². The monoisotopic (exact) mass is 369 g/mol. The fourth-order valence-electron chi connectivity index (χ4n) is 4.76. The summed E-state index contributed by atoms with van der Waals surface area (Å²) in [5.41, 5.74) is 6.94. The summed E-state index contributed by atoms with van der Waals surface area (Å²) >= 11 is 0. The van der Waals surface area contributed by atoms with E-state index >= 15 is 0 Å². The van der Waals surface area contributed by atoms with Crippen LogP contribution in [0.25, 0.3) is 21.9 Å². The van der Waals surface area contributed by atoms with E-state index in [0.717, 1.165) is 22.8 Å². The topological polar surface area (TPSA) is 16.4 Å². The maximum atomic E-state index is 6.33. The Labute approximate surface area is 166 Å². The quantitative estimate of drug-likeness (QED) is 0.368. The SMILES string of the molecule is Cc1cccc2c1oc1c(N(C)c3ccc(C4CCCCC4)cc3)cccc12. The van der Waals surface area contributed by atoms with Crippen LogP contribution in [0.4, 0.5) is 11.4 Å². The highest BCUT2D eigenvalue weighted by Gasteiger charge is 2.17. The second-order valence-electron chi connectivity index (χ2n) is 8.19. The summed E-state index contributed by atoms with van der Waals surface area (Å²) in [6.07, 6.45) is 6.83. The number of anilines is 2. The van der Waals surface area contributed by atoms with Crippen molar-refractivity contribution in [2.24, 2.45) is 0 Å². The molecule has 0 aliphatic heterocycles. The van der Waals surface area contributed by atoms with E-state index in [1.54, 1.807) is 0 Å². The van der Waals surface area contributed by atoms with Crippen molar-refractivity contribution in [3.05, 3.63) is 71.8 Å². The fraction of sp³-hybridized carbons (Fsp3) is 0.308. The Morgan fingerprint density at radius 2 is 1.46 bits per heavy atom. The smallest absolute Gasteiger partial charge is 0.159 e. The molecule has 1 aromatic heterocycles. The van der Waals surface area contributed by atoms with Crippen LogP contribution in [0.2, 0.25) is 0 Å². The summed E-state index contributed by atoms with van der Waals surface area (Å²) in [7, 11) is 2.13. The van der Waals surface area contributed by atoms with Gasteiger partial charge in [0, 0.05) is 23.5 Å². The molecule has 28 heavy (non-hydrogen) atoms. The van der Waals surface area contributed by atoms with Gasteiger partial charge in [0.25, 0.3) is 0 Å². The van der Waals surface area contributed by atoms with Gasteiger partial charge in [-0.05, 0) is 55.0 Å². The molecule has 0 radical (unpaired) electrons. The van der Waals surface area contributed by atoms with Crippen LogP contribution in [-0.2, 0) is 0 Å². The highest BCUT2D eigenvalue weighted by Crippen LogP contribution is 2.39. The van der Waals surface area contributed by atoms with Crippen molar-refractivity contribution in [1.29, 1.82) is 0 Å². The molecular formula is C26H27NO. The van der Waals surface area contributed by atoms with Crippen molar-refractivity contribution in [3.63, 3.8) is 0 Å². The zero-order valence-electron chi connectivity index (χ0n) is 16.7. The van der Waals surface area contributed by atoms with Gasteiger partial charge in [-0.2, -0.15) is 0 Å². The lowest BCUT2D eigenvalue weighted by Gasteiger charge is -2.24. The summed E-state index contributed by atoms with van der Waals surface area (Å²) in [6.45, 7) is 2.11. The fourth-order valence-corrected chi connectivity index (χ4v) is 4.76. The third-order valence-electron chi connectivity index (χ3n) is 6.42. The van der Waals surface area contributed by atoms with Gasteiger partial charge in [-0.15, -0.1) is 0 Å². The molecule has 0 amide bonds. The summed E-state index contributed by atoms with van der Waals surface area (Å²) < 4.78 is 6.33. The largest absolute Gasteiger partial charge is 0.454 e. The van der Waals surface area contributed by atoms with E-state index in [1.165, 1.54) is 59.7 Å². The number of hydrogen-bond donors (Lipinski definition) is 0. The Bertz CT molecular complexity index is 1120. The molecule has 1 fully saturated rings. The first-order chi connectivity index (χ1) is 13.7. The predicted molar refractivity (Wildman–Crippen MR) is 119 cm³/mol. The second-order valence-corrected chi connectivity index (χ2v) is 8.19. The van der Waals surface area contributed by atoms with E-state index in [9.17, 15) is 0 Å². The molecule has 1 aliphatic carbocycles. The predicted octanol–water partition coefficient (Wildman–Crippen LogP) is 7.71.